The predicted molar refractivity (Wildman–Crippen MR) is 123 cm³/mol. The second kappa shape index (κ2) is 11.4. The summed E-state index contributed by atoms with van der Waals surface area (Å²) in [5, 5.41) is 13.8. The largest absolute Gasteiger partial charge is 0.489 e. The number of β-amino-alcohol motifs (C(OH)–C–C–N with tert-alkyl or cyclic N) is 1. The maximum Gasteiger partial charge on any atom is 0.221 e. The minimum Gasteiger partial charge on any atom is -0.489 e. The van der Waals surface area contributed by atoms with E-state index in [1.165, 1.54) is 13.8 Å². The smallest absolute Gasteiger partial charge is 0.221 e. The molecule has 2 aromatic rings. The Morgan fingerprint density at radius 3 is 2.66 bits per heavy atom. The molecule has 0 bridgehead atoms. The number of nitrogens with one attached hydrogen (secondary N) is 1. The highest BCUT2D eigenvalue weighted by atomic mass is 35.5. The second-order valence-corrected chi connectivity index (χ2v) is 8.42. The number of anilines is 1. The number of ketones is 1. The number of amides is 1. The topological polar surface area (TPSA) is 88.1 Å². The van der Waals surface area contributed by atoms with Crippen molar-refractivity contribution in [3.8, 4) is 5.75 Å². The van der Waals surface area contributed by atoms with Crippen molar-refractivity contribution in [2.75, 3.05) is 31.6 Å². The van der Waals surface area contributed by atoms with Crippen LogP contribution in [0.15, 0.2) is 42.5 Å². The van der Waals surface area contributed by atoms with E-state index in [1.807, 2.05) is 12.1 Å². The number of ether oxygens (including phenoxy) is 2. The van der Waals surface area contributed by atoms with Gasteiger partial charge in [0.25, 0.3) is 0 Å². The summed E-state index contributed by atoms with van der Waals surface area (Å²) >= 11 is 5.91. The third kappa shape index (κ3) is 7.03. The van der Waals surface area contributed by atoms with Gasteiger partial charge in [-0.3, -0.25) is 14.5 Å². The molecule has 2 unspecified atom stereocenters. The summed E-state index contributed by atoms with van der Waals surface area (Å²) in [6.45, 7) is 5.13. The van der Waals surface area contributed by atoms with Crippen molar-refractivity contribution in [3.05, 3.63) is 58.6 Å². The van der Waals surface area contributed by atoms with Crippen LogP contribution in [0.4, 0.5) is 5.69 Å². The summed E-state index contributed by atoms with van der Waals surface area (Å²) in [4.78, 5) is 25.6. The van der Waals surface area contributed by atoms with Gasteiger partial charge in [-0.1, -0.05) is 23.7 Å². The van der Waals surface area contributed by atoms with Gasteiger partial charge in [-0.2, -0.15) is 0 Å². The van der Waals surface area contributed by atoms with E-state index in [1.54, 1.807) is 30.3 Å². The predicted octanol–water partition coefficient (Wildman–Crippen LogP) is 3.53. The van der Waals surface area contributed by atoms with Gasteiger partial charge in [0.1, 0.15) is 11.9 Å². The Morgan fingerprint density at radius 2 is 1.97 bits per heavy atom. The van der Waals surface area contributed by atoms with Crippen molar-refractivity contribution in [1.29, 1.82) is 0 Å². The highest BCUT2D eigenvalue weighted by Crippen LogP contribution is 2.23. The van der Waals surface area contributed by atoms with Crippen molar-refractivity contribution in [2.45, 2.75) is 39.1 Å². The third-order valence-electron chi connectivity index (χ3n) is 5.24. The van der Waals surface area contributed by atoms with E-state index in [0.29, 0.717) is 28.4 Å². The number of halogens is 1. The minimum absolute atomic E-state index is 0.0620. The summed E-state index contributed by atoms with van der Waals surface area (Å²) in [5.74, 6) is 0.445. The molecule has 2 atom stereocenters. The molecule has 1 aliphatic rings. The quantitative estimate of drug-likeness (QED) is 0.527. The highest BCUT2D eigenvalue weighted by molar-refractivity contribution is 6.30. The summed E-state index contributed by atoms with van der Waals surface area (Å²) < 4.78 is 11.7. The lowest BCUT2D eigenvalue weighted by Crippen LogP contribution is -2.34. The van der Waals surface area contributed by atoms with Gasteiger partial charge < -0.3 is 19.9 Å². The molecule has 7 nitrogen and oxygen atoms in total. The van der Waals surface area contributed by atoms with Gasteiger partial charge >= 0.3 is 0 Å². The number of aliphatic hydroxyl groups excluding tert-OH is 1. The van der Waals surface area contributed by atoms with Crippen LogP contribution in [0.3, 0.4) is 0 Å². The van der Waals surface area contributed by atoms with E-state index in [0.717, 1.165) is 25.3 Å². The normalized spacial score (nSPS) is 17.2. The molecule has 8 heteroatoms. The molecule has 1 aliphatic heterocycles. The first kappa shape index (κ1) is 24.2. The van der Waals surface area contributed by atoms with E-state index in [-0.39, 0.29) is 31.0 Å². The molecule has 2 aromatic carbocycles. The number of carbonyl (C=O) groups excluding carboxylic acids is 2. The number of rotatable bonds is 10. The monoisotopic (exact) mass is 460 g/mol. The number of hydrogen-bond donors (Lipinski definition) is 2. The first-order valence-electron chi connectivity index (χ1n) is 10.6. The Hall–Kier alpha value is -2.45. The van der Waals surface area contributed by atoms with Gasteiger partial charge in [0.15, 0.2) is 5.78 Å². The van der Waals surface area contributed by atoms with Crippen molar-refractivity contribution < 1.29 is 24.2 Å². The van der Waals surface area contributed by atoms with E-state index < -0.39 is 6.10 Å². The zero-order valence-corrected chi connectivity index (χ0v) is 19.1. The van der Waals surface area contributed by atoms with Crippen LogP contribution in [0.25, 0.3) is 0 Å². The number of hydrogen-bond acceptors (Lipinski definition) is 6. The number of aliphatic hydroxyl groups is 1. The molecule has 172 valence electrons. The van der Waals surface area contributed by atoms with Crippen molar-refractivity contribution in [1.82, 2.24) is 4.90 Å². The van der Waals surface area contributed by atoms with Crippen molar-refractivity contribution in [2.24, 2.45) is 0 Å². The SMILES string of the molecule is CC(=O)Nc1cccc(C(C)=O)c1COCC(O)CN1CCC(Oc2ccc(Cl)cc2)C1. The van der Waals surface area contributed by atoms with Gasteiger partial charge in [0.2, 0.25) is 5.91 Å². The molecule has 2 N–H and O–H groups in total. The highest BCUT2D eigenvalue weighted by Gasteiger charge is 2.25. The lowest BCUT2D eigenvalue weighted by molar-refractivity contribution is -0.114. The number of likely N-dealkylation sites (tertiary alicyclic amines) is 1. The fourth-order valence-corrected chi connectivity index (χ4v) is 3.92. The van der Waals surface area contributed by atoms with Crippen molar-refractivity contribution in [3.63, 3.8) is 0 Å². The van der Waals surface area contributed by atoms with Gasteiger partial charge in [0.05, 0.1) is 19.3 Å². The van der Waals surface area contributed by atoms with Crippen LogP contribution in [0.2, 0.25) is 5.02 Å². The van der Waals surface area contributed by atoms with Gasteiger partial charge in [-0.15, -0.1) is 0 Å². The van der Waals surface area contributed by atoms with Crippen LogP contribution in [0.1, 0.15) is 36.2 Å². The average Bonchev–Trinajstić information content (AvgIpc) is 3.16. The summed E-state index contributed by atoms with van der Waals surface area (Å²) in [6.07, 6.45) is 0.257. The Bertz CT molecular complexity index is 934. The molecule has 0 saturated carbocycles. The van der Waals surface area contributed by atoms with Gasteiger partial charge in [0, 0.05) is 48.4 Å². The van der Waals surface area contributed by atoms with E-state index in [9.17, 15) is 14.7 Å². The Labute approximate surface area is 193 Å². The number of nitrogens with zero attached hydrogens (tertiary/aromatic N) is 1. The molecule has 0 aliphatic carbocycles. The Kier molecular flexibility index (Phi) is 8.64. The molecule has 32 heavy (non-hydrogen) atoms. The van der Waals surface area contributed by atoms with Crippen LogP contribution in [-0.2, 0) is 16.1 Å². The molecule has 0 aromatic heterocycles. The number of carbonyl (C=O) groups is 2. The molecule has 0 spiro atoms. The Balaban J connectivity index is 1.47. The van der Waals surface area contributed by atoms with E-state index in [2.05, 4.69) is 10.2 Å². The standard InChI is InChI=1S/C24H29ClN2O5/c1-16(28)22-4-3-5-24(26-17(2)29)23(22)15-31-14-19(30)12-27-11-10-21(13-27)32-20-8-6-18(25)7-9-20/h3-9,19,21,30H,10-15H2,1-2H3,(H,26,29). The fourth-order valence-electron chi connectivity index (χ4n) is 3.79. The zero-order chi connectivity index (χ0) is 23.1. The molecule has 1 heterocycles. The first-order chi connectivity index (χ1) is 15.3. The van der Waals surface area contributed by atoms with Crippen LogP contribution in [0.5, 0.6) is 5.75 Å². The molecule has 1 fully saturated rings. The van der Waals surface area contributed by atoms with Crippen LogP contribution in [0, 0.1) is 0 Å². The zero-order valence-electron chi connectivity index (χ0n) is 18.3. The third-order valence-corrected chi connectivity index (χ3v) is 5.49. The van der Waals surface area contributed by atoms with Crippen LogP contribution in [-0.4, -0.2) is 60.1 Å². The molecular formula is C24H29ClN2O5. The molecule has 3 rings (SSSR count). The average molecular weight is 461 g/mol. The molecule has 0 radical (unpaired) electrons. The summed E-state index contributed by atoms with van der Waals surface area (Å²) in [5.41, 5.74) is 1.65. The lowest BCUT2D eigenvalue weighted by atomic mass is 10.0. The van der Waals surface area contributed by atoms with E-state index in [4.69, 9.17) is 21.1 Å². The van der Waals surface area contributed by atoms with Gasteiger partial charge in [-0.25, -0.2) is 0 Å². The van der Waals surface area contributed by atoms with Crippen LogP contribution >= 0.6 is 11.6 Å². The van der Waals surface area contributed by atoms with E-state index >= 15 is 0 Å². The fraction of sp³-hybridized carbons (Fsp3) is 0.417. The lowest BCUT2D eigenvalue weighted by Gasteiger charge is -2.21. The summed E-state index contributed by atoms with van der Waals surface area (Å²) in [7, 11) is 0. The summed E-state index contributed by atoms with van der Waals surface area (Å²) in [6, 6.07) is 12.4. The number of Topliss-reactive ketones (excluding diaryl/α,β-unsaturated/α-hetero) is 1. The molecule has 1 amide bonds. The second-order valence-electron chi connectivity index (χ2n) is 7.98. The maximum atomic E-state index is 12.0. The maximum absolute atomic E-state index is 12.0. The first-order valence-corrected chi connectivity index (χ1v) is 11.0. The molecular weight excluding hydrogens is 432 g/mol. The minimum atomic E-state index is -0.682. The van der Waals surface area contributed by atoms with Crippen molar-refractivity contribution >= 4 is 29.0 Å². The van der Waals surface area contributed by atoms with Crippen LogP contribution < -0.4 is 10.1 Å². The number of benzene rings is 2. The van der Waals surface area contributed by atoms with Gasteiger partial charge in [-0.05, 0) is 43.7 Å². The Morgan fingerprint density at radius 1 is 1.22 bits per heavy atom. The molecule has 1 saturated heterocycles.